The van der Waals surface area contributed by atoms with Crippen molar-refractivity contribution >= 4 is 5.82 Å². The zero-order valence-electron chi connectivity index (χ0n) is 16.5. The van der Waals surface area contributed by atoms with E-state index in [1.54, 1.807) is 6.33 Å². The summed E-state index contributed by atoms with van der Waals surface area (Å²) in [6.45, 7) is 3.80. The molecule has 0 saturated carbocycles. The highest BCUT2D eigenvalue weighted by Gasteiger charge is 2.17. The van der Waals surface area contributed by atoms with Gasteiger partial charge in [-0.3, -0.25) is 4.57 Å². The maximum atomic E-state index is 5.79. The number of imidazole rings is 1. The molecule has 0 aliphatic carbocycles. The lowest BCUT2D eigenvalue weighted by molar-refractivity contribution is 0.585. The number of terminal acetylenes is 1. The summed E-state index contributed by atoms with van der Waals surface area (Å²) in [5.41, 5.74) is 4.91. The van der Waals surface area contributed by atoms with E-state index >= 15 is 0 Å². The van der Waals surface area contributed by atoms with E-state index in [2.05, 4.69) is 43.2 Å². The molecule has 1 fully saturated rings. The van der Waals surface area contributed by atoms with E-state index in [9.17, 15) is 0 Å². The highest BCUT2D eigenvalue weighted by Crippen LogP contribution is 2.28. The maximum Gasteiger partial charge on any atom is 0.138 e. The van der Waals surface area contributed by atoms with Gasteiger partial charge >= 0.3 is 0 Å². The first-order valence-electron chi connectivity index (χ1n) is 10.0. The normalized spacial score (nSPS) is 13.9. The van der Waals surface area contributed by atoms with Crippen LogP contribution >= 0.6 is 0 Å². The van der Waals surface area contributed by atoms with Gasteiger partial charge in [-0.15, -0.1) is 6.42 Å². The molecule has 1 aliphatic rings. The van der Waals surface area contributed by atoms with Crippen LogP contribution in [-0.4, -0.2) is 45.7 Å². The number of benzene rings is 1. The van der Waals surface area contributed by atoms with Crippen molar-refractivity contribution < 1.29 is 0 Å². The summed E-state index contributed by atoms with van der Waals surface area (Å²) in [5.74, 6) is 4.65. The fraction of sp³-hybridized carbons (Fsp3) is 0.167. The second-order valence-corrected chi connectivity index (χ2v) is 7.26. The number of anilines is 1. The summed E-state index contributed by atoms with van der Waals surface area (Å²) in [6, 6.07) is 16.2. The standard InChI is InChI=1S/C24H22N6/c1-2-18-14-21(28-24(18)29-12-10-25-11-13-29)20-8-9-26-23(15-20)30-16-22(27-17-30)19-6-4-3-5-7-19/h1,3-9,14-17,25,28H,10-13H2. The van der Waals surface area contributed by atoms with Crippen molar-refractivity contribution in [3.8, 4) is 40.7 Å². The van der Waals surface area contributed by atoms with Crippen LogP contribution in [0.5, 0.6) is 0 Å². The first-order chi connectivity index (χ1) is 14.8. The molecular weight excluding hydrogens is 372 g/mol. The molecule has 3 aromatic heterocycles. The minimum Gasteiger partial charge on any atom is -0.355 e. The summed E-state index contributed by atoms with van der Waals surface area (Å²) in [4.78, 5) is 14.9. The number of rotatable bonds is 4. The molecule has 6 heteroatoms. The molecule has 148 valence electrons. The Kier molecular flexibility index (Phi) is 4.80. The molecular formula is C24H22N6. The van der Waals surface area contributed by atoms with Crippen LogP contribution in [0.4, 0.5) is 5.82 Å². The smallest absolute Gasteiger partial charge is 0.138 e. The summed E-state index contributed by atoms with van der Waals surface area (Å²) in [6.07, 6.45) is 11.4. The highest BCUT2D eigenvalue weighted by molar-refractivity contribution is 5.71. The van der Waals surface area contributed by atoms with Gasteiger partial charge in [0.15, 0.2) is 0 Å². The van der Waals surface area contributed by atoms with Gasteiger partial charge in [0, 0.05) is 55.4 Å². The lowest BCUT2D eigenvalue weighted by Crippen LogP contribution is -2.44. The molecule has 0 spiro atoms. The summed E-state index contributed by atoms with van der Waals surface area (Å²) < 4.78 is 1.94. The third kappa shape index (κ3) is 3.47. The minimum atomic E-state index is 0.808. The minimum absolute atomic E-state index is 0.808. The van der Waals surface area contributed by atoms with Crippen LogP contribution in [0.2, 0.25) is 0 Å². The fourth-order valence-electron chi connectivity index (χ4n) is 3.78. The number of aromatic nitrogens is 4. The van der Waals surface area contributed by atoms with Crippen molar-refractivity contribution in [2.75, 3.05) is 31.1 Å². The Morgan fingerprint density at radius 2 is 1.80 bits per heavy atom. The van der Waals surface area contributed by atoms with Gasteiger partial charge in [0.25, 0.3) is 0 Å². The first-order valence-corrected chi connectivity index (χ1v) is 10.0. The number of pyridine rings is 1. The van der Waals surface area contributed by atoms with Gasteiger partial charge in [-0.2, -0.15) is 0 Å². The monoisotopic (exact) mass is 394 g/mol. The van der Waals surface area contributed by atoms with Crippen molar-refractivity contribution in [3.63, 3.8) is 0 Å². The average Bonchev–Trinajstić information content (AvgIpc) is 3.48. The van der Waals surface area contributed by atoms with Crippen molar-refractivity contribution in [3.05, 3.63) is 72.8 Å². The van der Waals surface area contributed by atoms with Gasteiger partial charge in [0.05, 0.1) is 11.3 Å². The number of nitrogens with one attached hydrogen (secondary N) is 2. The number of H-pyrrole nitrogens is 1. The molecule has 0 bridgehead atoms. The molecule has 5 rings (SSSR count). The van der Waals surface area contributed by atoms with Gasteiger partial charge in [0.2, 0.25) is 0 Å². The lowest BCUT2D eigenvalue weighted by Gasteiger charge is -2.28. The predicted octanol–water partition coefficient (Wildman–Crippen LogP) is 3.32. The van der Waals surface area contributed by atoms with E-state index in [1.807, 2.05) is 53.4 Å². The van der Waals surface area contributed by atoms with Crippen molar-refractivity contribution in [1.29, 1.82) is 0 Å². The molecule has 1 aromatic carbocycles. The molecule has 0 amide bonds. The van der Waals surface area contributed by atoms with Crippen LogP contribution in [0, 0.1) is 12.3 Å². The fourth-order valence-corrected chi connectivity index (χ4v) is 3.78. The Morgan fingerprint density at radius 1 is 0.967 bits per heavy atom. The Labute approximate surface area is 175 Å². The topological polar surface area (TPSA) is 61.8 Å². The molecule has 4 heterocycles. The molecule has 30 heavy (non-hydrogen) atoms. The molecule has 0 unspecified atom stereocenters. The number of aromatic amines is 1. The second-order valence-electron chi connectivity index (χ2n) is 7.26. The Bertz CT molecular complexity index is 1190. The largest absolute Gasteiger partial charge is 0.355 e. The predicted molar refractivity (Wildman–Crippen MR) is 120 cm³/mol. The Hall–Kier alpha value is -3.82. The Morgan fingerprint density at radius 3 is 2.60 bits per heavy atom. The number of hydrogen-bond acceptors (Lipinski definition) is 4. The SMILES string of the molecule is C#Cc1cc(-c2ccnc(-n3cnc(-c4ccccc4)c3)c2)[nH]c1N1CCNCC1. The maximum absolute atomic E-state index is 5.79. The highest BCUT2D eigenvalue weighted by atomic mass is 15.2. The van der Waals surface area contributed by atoms with Crippen molar-refractivity contribution in [2.24, 2.45) is 0 Å². The third-order valence-electron chi connectivity index (χ3n) is 5.36. The van der Waals surface area contributed by atoms with Crippen LogP contribution in [-0.2, 0) is 0 Å². The van der Waals surface area contributed by atoms with Gasteiger partial charge in [0.1, 0.15) is 18.0 Å². The van der Waals surface area contributed by atoms with Gasteiger partial charge < -0.3 is 15.2 Å². The third-order valence-corrected chi connectivity index (χ3v) is 5.36. The van der Waals surface area contributed by atoms with Crippen LogP contribution < -0.4 is 10.2 Å². The van der Waals surface area contributed by atoms with Crippen LogP contribution in [0.15, 0.2) is 67.3 Å². The molecule has 1 aliphatic heterocycles. The number of piperazine rings is 1. The van der Waals surface area contributed by atoms with E-state index in [0.717, 1.165) is 65.9 Å². The zero-order chi connectivity index (χ0) is 20.3. The number of hydrogen-bond donors (Lipinski definition) is 2. The summed E-state index contributed by atoms with van der Waals surface area (Å²) in [7, 11) is 0. The van der Waals surface area contributed by atoms with Crippen molar-refractivity contribution in [2.45, 2.75) is 0 Å². The van der Waals surface area contributed by atoms with Crippen LogP contribution in [0.1, 0.15) is 5.56 Å². The molecule has 0 atom stereocenters. The summed E-state index contributed by atoms with van der Waals surface area (Å²) in [5, 5.41) is 3.38. The van der Waals surface area contributed by atoms with E-state index in [4.69, 9.17) is 6.42 Å². The van der Waals surface area contributed by atoms with E-state index in [1.165, 1.54) is 0 Å². The quantitative estimate of drug-likeness (QED) is 0.521. The van der Waals surface area contributed by atoms with Crippen LogP contribution in [0.25, 0.3) is 28.3 Å². The molecule has 0 radical (unpaired) electrons. The van der Waals surface area contributed by atoms with Gasteiger partial charge in [-0.25, -0.2) is 9.97 Å². The molecule has 4 aromatic rings. The zero-order valence-corrected chi connectivity index (χ0v) is 16.5. The summed E-state index contributed by atoms with van der Waals surface area (Å²) >= 11 is 0. The van der Waals surface area contributed by atoms with Crippen LogP contribution in [0.3, 0.4) is 0 Å². The van der Waals surface area contributed by atoms with Gasteiger partial charge in [-0.1, -0.05) is 36.3 Å². The molecule has 6 nitrogen and oxygen atoms in total. The molecule has 2 N–H and O–H groups in total. The van der Waals surface area contributed by atoms with E-state index in [0.29, 0.717) is 0 Å². The first kappa shape index (κ1) is 18.2. The second kappa shape index (κ2) is 7.90. The van der Waals surface area contributed by atoms with Gasteiger partial charge in [-0.05, 0) is 18.2 Å². The van der Waals surface area contributed by atoms with E-state index < -0.39 is 0 Å². The lowest BCUT2D eigenvalue weighted by atomic mass is 10.1. The number of nitrogens with zero attached hydrogens (tertiary/aromatic N) is 4. The van der Waals surface area contributed by atoms with E-state index in [-0.39, 0.29) is 0 Å². The van der Waals surface area contributed by atoms with Crippen molar-refractivity contribution in [1.82, 2.24) is 24.8 Å². The molecule has 1 saturated heterocycles. The average molecular weight is 394 g/mol. The Balaban J connectivity index is 1.47.